The molecule has 1 amide bonds. The molecule has 5 nitrogen and oxygen atoms in total. The summed E-state index contributed by atoms with van der Waals surface area (Å²) in [5.74, 6) is 0.692. The minimum Gasteiger partial charge on any atom is -0.485 e. The van der Waals surface area contributed by atoms with Gasteiger partial charge in [-0.3, -0.25) is 9.59 Å². The Kier molecular flexibility index (Phi) is 5.53. The molecule has 2 aromatic heterocycles. The number of rotatable bonds is 7. The average molecular weight is 409 g/mol. The number of hydrogen-bond acceptors (Lipinski definition) is 4. The monoisotopic (exact) mass is 408 g/mol. The van der Waals surface area contributed by atoms with Crippen molar-refractivity contribution in [1.29, 1.82) is 0 Å². The molecule has 0 radical (unpaired) electrons. The molecule has 0 bridgehead atoms. The molecule has 1 saturated heterocycles. The second kappa shape index (κ2) is 8.25. The fourth-order valence-corrected chi connectivity index (χ4v) is 4.47. The molecule has 1 aliphatic heterocycles. The van der Waals surface area contributed by atoms with Crippen molar-refractivity contribution in [2.24, 2.45) is 0 Å². The van der Waals surface area contributed by atoms with Crippen LogP contribution in [0.2, 0.25) is 0 Å². The van der Waals surface area contributed by atoms with E-state index in [0.29, 0.717) is 17.7 Å². The van der Waals surface area contributed by atoms with Gasteiger partial charge in [-0.1, -0.05) is 12.1 Å². The van der Waals surface area contributed by atoms with Gasteiger partial charge in [0, 0.05) is 46.5 Å². The van der Waals surface area contributed by atoms with Gasteiger partial charge in [0.2, 0.25) is 11.7 Å². The van der Waals surface area contributed by atoms with Crippen LogP contribution >= 0.6 is 11.3 Å². The van der Waals surface area contributed by atoms with Gasteiger partial charge in [-0.25, -0.2) is 0 Å². The zero-order valence-corrected chi connectivity index (χ0v) is 17.5. The number of Topliss-reactive ketones (excluding diaryl/α,β-unsaturated/α-hetero) is 1. The Morgan fingerprint density at radius 3 is 2.76 bits per heavy atom. The van der Waals surface area contributed by atoms with E-state index in [-0.39, 0.29) is 18.3 Å². The van der Waals surface area contributed by atoms with Crippen LogP contribution in [0.25, 0.3) is 0 Å². The van der Waals surface area contributed by atoms with Crippen LogP contribution in [0, 0.1) is 13.8 Å². The first-order valence-electron chi connectivity index (χ1n) is 9.78. The van der Waals surface area contributed by atoms with Crippen molar-refractivity contribution in [3.05, 3.63) is 69.7 Å². The fraction of sp³-hybridized carbons (Fsp3) is 0.304. The Bertz CT molecular complexity index is 1040. The topological polar surface area (TPSA) is 51.5 Å². The highest BCUT2D eigenvalue weighted by Crippen LogP contribution is 2.26. The Morgan fingerprint density at radius 1 is 1.17 bits per heavy atom. The molecule has 0 aliphatic carbocycles. The molecule has 1 fully saturated rings. The van der Waals surface area contributed by atoms with Gasteiger partial charge >= 0.3 is 0 Å². The SMILES string of the molecule is Cc1cc(C(=O)COc2cccc(N3CCCC3=O)c2)c(C)n1Cc1cccs1. The zero-order chi connectivity index (χ0) is 20.4. The lowest BCUT2D eigenvalue weighted by atomic mass is 10.1. The highest BCUT2D eigenvalue weighted by Gasteiger charge is 2.22. The van der Waals surface area contributed by atoms with E-state index in [4.69, 9.17) is 4.74 Å². The van der Waals surface area contributed by atoms with Crippen molar-refractivity contribution in [3.63, 3.8) is 0 Å². The normalized spacial score (nSPS) is 13.9. The van der Waals surface area contributed by atoms with Crippen LogP contribution in [-0.4, -0.2) is 29.4 Å². The lowest BCUT2D eigenvalue weighted by molar-refractivity contribution is -0.117. The molecule has 0 atom stereocenters. The van der Waals surface area contributed by atoms with E-state index in [0.717, 1.165) is 36.6 Å². The molecule has 150 valence electrons. The first kappa shape index (κ1) is 19.5. The first-order valence-corrected chi connectivity index (χ1v) is 10.7. The van der Waals surface area contributed by atoms with Crippen LogP contribution in [0.5, 0.6) is 5.75 Å². The maximum Gasteiger partial charge on any atom is 0.227 e. The van der Waals surface area contributed by atoms with Crippen LogP contribution in [-0.2, 0) is 11.3 Å². The lowest BCUT2D eigenvalue weighted by Gasteiger charge is -2.16. The first-order chi connectivity index (χ1) is 14.0. The number of carbonyl (C=O) groups excluding carboxylic acids is 2. The molecular weight excluding hydrogens is 384 g/mol. The van der Waals surface area contributed by atoms with Gasteiger partial charge in [-0.15, -0.1) is 11.3 Å². The molecule has 1 aromatic carbocycles. The van der Waals surface area contributed by atoms with Gasteiger partial charge in [0.25, 0.3) is 0 Å². The number of amides is 1. The van der Waals surface area contributed by atoms with E-state index in [1.165, 1.54) is 4.88 Å². The fourth-order valence-electron chi connectivity index (χ4n) is 3.77. The smallest absolute Gasteiger partial charge is 0.227 e. The molecule has 6 heteroatoms. The number of benzene rings is 1. The number of hydrogen-bond donors (Lipinski definition) is 0. The van der Waals surface area contributed by atoms with Gasteiger partial charge in [-0.05, 0) is 49.9 Å². The highest BCUT2D eigenvalue weighted by atomic mass is 32.1. The highest BCUT2D eigenvalue weighted by molar-refractivity contribution is 7.09. The number of anilines is 1. The van der Waals surface area contributed by atoms with Crippen LogP contribution in [0.4, 0.5) is 5.69 Å². The van der Waals surface area contributed by atoms with Crippen molar-refractivity contribution < 1.29 is 14.3 Å². The Hall–Kier alpha value is -2.86. The van der Waals surface area contributed by atoms with E-state index in [2.05, 4.69) is 16.0 Å². The number of ether oxygens (including phenoxy) is 1. The summed E-state index contributed by atoms with van der Waals surface area (Å²) in [4.78, 5) is 27.8. The summed E-state index contributed by atoms with van der Waals surface area (Å²) in [6, 6.07) is 13.5. The minimum absolute atomic E-state index is 0.0271. The molecule has 3 aromatic rings. The molecule has 3 heterocycles. The van der Waals surface area contributed by atoms with Gasteiger partial charge in [0.05, 0.1) is 6.54 Å². The van der Waals surface area contributed by atoms with Crippen molar-refractivity contribution in [2.45, 2.75) is 33.2 Å². The number of carbonyl (C=O) groups is 2. The summed E-state index contributed by atoms with van der Waals surface area (Å²) in [7, 11) is 0. The number of nitrogens with zero attached hydrogens (tertiary/aromatic N) is 2. The predicted molar refractivity (Wildman–Crippen MR) is 115 cm³/mol. The van der Waals surface area contributed by atoms with Crippen LogP contribution in [0.15, 0.2) is 47.8 Å². The molecule has 4 rings (SSSR count). The van der Waals surface area contributed by atoms with Gasteiger partial charge in [0.1, 0.15) is 5.75 Å². The van der Waals surface area contributed by atoms with E-state index >= 15 is 0 Å². The second-order valence-electron chi connectivity index (χ2n) is 7.31. The molecule has 0 N–H and O–H groups in total. The van der Waals surface area contributed by atoms with Gasteiger partial charge in [0.15, 0.2) is 6.61 Å². The maximum atomic E-state index is 12.8. The Labute approximate surface area is 174 Å². The second-order valence-corrected chi connectivity index (χ2v) is 8.34. The summed E-state index contributed by atoms with van der Waals surface area (Å²) < 4.78 is 7.94. The summed E-state index contributed by atoms with van der Waals surface area (Å²) in [6.45, 7) is 5.48. The number of aromatic nitrogens is 1. The molecular formula is C23H24N2O3S. The quantitative estimate of drug-likeness (QED) is 0.537. The minimum atomic E-state index is -0.0434. The number of thiophene rings is 1. The maximum absolute atomic E-state index is 12.8. The van der Waals surface area contributed by atoms with Gasteiger partial charge < -0.3 is 14.2 Å². The van der Waals surface area contributed by atoms with Crippen LogP contribution in [0.1, 0.15) is 39.5 Å². The predicted octanol–water partition coefficient (Wildman–Crippen LogP) is 4.60. The van der Waals surface area contributed by atoms with Crippen LogP contribution in [0.3, 0.4) is 0 Å². The van der Waals surface area contributed by atoms with Gasteiger partial charge in [-0.2, -0.15) is 0 Å². The summed E-state index contributed by atoms with van der Waals surface area (Å²) in [5, 5.41) is 2.06. The molecule has 0 unspecified atom stereocenters. The molecule has 29 heavy (non-hydrogen) atoms. The van der Waals surface area contributed by atoms with Crippen molar-refractivity contribution >= 4 is 28.7 Å². The van der Waals surface area contributed by atoms with E-state index < -0.39 is 0 Å². The summed E-state index contributed by atoms with van der Waals surface area (Å²) in [5.41, 5.74) is 3.55. The average Bonchev–Trinajstić information content (AvgIpc) is 3.44. The van der Waals surface area contributed by atoms with Crippen molar-refractivity contribution in [2.75, 3.05) is 18.1 Å². The Morgan fingerprint density at radius 2 is 2.03 bits per heavy atom. The Balaban J connectivity index is 1.44. The lowest BCUT2D eigenvalue weighted by Crippen LogP contribution is -2.23. The summed E-state index contributed by atoms with van der Waals surface area (Å²) in [6.07, 6.45) is 1.47. The van der Waals surface area contributed by atoms with E-state index in [1.807, 2.05) is 50.2 Å². The third-order valence-corrected chi connectivity index (χ3v) is 6.20. The summed E-state index contributed by atoms with van der Waals surface area (Å²) >= 11 is 1.71. The number of aryl methyl sites for hydroxylation is 1. The standard InChI is InChI=1S/C23H24N2O3S/c1-16-12-21(17(2)25(16)14-20-8-5-11-29-20)22(26)15-28-19-7-3-6-18(13-19)24-10-4-9-23(24)27/h3,5-8,11-13H,4,9-10,14-15H2,1-2H3. The third-order valence-electron chi connectivity index (χ3n) is 5.34. The van der Waals surface area contributed by atoms with E-state index in [1.54, 1.807) is 16.2 Å². The van der Waals surface area contributed by atoms with Crippen molar-refractivity contribution in [3.8, 4) is 5.75 Å². The van der Waals surface area contributed by atoms with Crippen LogP contribution < -0.4 is 9.64 Å². The zero-order valence-electron chi connectivity index (χ0n) is 16.7. The molecule has 0 saturated carbocycles. The molecule has 1 aliphatic rings. The third kappa shape index (κ3) is 4.12. The largest absolute Gasteiger partial charge is 0.485 e. The number of ketones is 1. The van der Waals surface area contributed by atoms with Crippen molar-refractivity contribution in [1.82, 2.24) is 4.57 Å². The van der Waals surface area contributed by atoms with E-state index in [9.17, 15) is 9.59 Å². The molecule has 0 spiro atoms.